The molecule has 0 bridgehead atoms. The summed E-state index contributed by atoms with van der Waals surface area (Å²) in [7, 11) is 0. The molecular weight excluding hydrogens is 168 g/mol. The molecule has 0 aromatic heterocycles. The van der Waals surface area contributed by atoms with Crippen molar-refractivity contribution in [2.75, 3.05) is 6.67 Å². The van der Waals surface area contributed by atoms with Crippen molar-refractivity contribution in [1.29, 1.82) is 5.41 Å². The average Bonchev–Trinajstić information content (AvgIpc) is 2.03. The van der Waals surface area contributed by atoms with Gasteiger partial charge in [0.15, 0.2) is 5.88 Å². The monoisotopic (exact) mass is 182 g/mol. The fourth-order valence-corrected chi connectivity index (χ4v) is 1.06. The highest BCUT2D eigenvalue weighted by Crippen LogP contribution is 1.99. The molecule has 72 valence electrons. The molecule has 0 amide bonds. The highest BCUT2D eigenvalue weighted by Gasteiger charge is 2.14. The molecular formula is C8H14N4O. The van der Waals surface area contributed by atoms with Crippen molar-refractivity contribution in [2.45, 2.75) is 13.0 Å². The summed E-state index contributed by atoms with van der Waals surface area (Å²) in [4.78, 5) is 0. The zero-order valence-corrected chi connectivity index (χ0v) is 7.46. The Balaban J connectivity index is 2.67. The number of nitrogens with two attached hydrogens (primary N) is 1. The fraction of sp³-hybridized carbons (Fsp3) is 0.375. The maximum absolute atomic E-state index is 9.12. The third-order valence-corrected chi connectivity index (χ3v) is 1.63. The van der Waals surface area contributed by atoms with E-state index in [2.05, 4.69) is 10.6 Å². The Kier molecular flexibility index (Phi) is 2.92. The van der Waals surface area contributed by atoms with Gasteiger partial charge in [0.05, 0.1) is 18.4 Å². The molecule has 1 aliphatic rings. The van der Waals surface area contributed by atoms with E-state index in [-0.39, 0.29) is 11.9 Å². The van der Waals surface area contributed by atoms with Gasteiger partial charge in [-0.1, -0.05) is 0 Å². The van der Waals surface area contributed by atoms with E-state index in [4.69, 9.17) is 16.2 Å². The predicted octanol–water partition coefficient (Wildman–Crippen LogP) is -0.213. The van der Waals surface area contributed by atoms with E-state index < -0.39 is 0 Å². The van der Waals surface area contributed by atoms with E-state index in [1.807, 2.05) is 0 Å². The molecule has 1 aliphatic heterocycles. The number of rotatable bonds is 2. The van der Waals surface area contributed by atoms with Gasteiger partial charge in [0.25, 0.3) is 0 Å². The number of hydrogen-bond acceptors (Lipinski definition) is 5. The van der Waals surface area contributed by atoms with Crippen LogP contribution in [0, 0.1) is 5.41 Å². The summed E-state index contributed by atoms with van der Waals surface area (Å²) in [5, 5.41) is 22.4. The third-order valence-electron chi connectivity index (χ3n) is 1.63. The lowest BCUT2D eigenvalue weighted by molar-refractivity contribution is 0.339. The Labute approximate surface area is 76.8 Å². The Bertz CT molecular complexity index is 265. The molecule has 1 heterocycles. The van der Waals surface area contributed by atoms with Gasteiger partial charge in [-0.25, -0.2) is 0 Å². The number of aliphatic hydroxyl groups excluding tert-OH is 1. The average molecular weight is 182 g/mol. The molecule has 0 aliphatic carbocycles. The maximum atomic E-state index is 9.12. The first kappa shape index (κ1) is 9.60. The van der Waals surface area contributed by atoms with Gasteiger partial charge in [-0.05, 0) is 19.1 Å². The lowest BCUT2D eigenvalue weighted by Gasteiger charge is -2.20. The van der Waals surface area contributed by atoms with E-state index in [1.165, 1.54) is 6.08 Å². The van der Waals surface area contributed by atoms with Crippen LogP contribution in [0.1, 0.15) is 6.92 Å². The van der Waals surface area contributed by atoms with Crippen LogP contribution in [0.2, 0.25) is 0 Å². The Morgan fingerprint density at radius 1 is 1.85 bits per heavy atom. The second-order valence-corrected chi connectivity index (χ2v) is 2.93. The number of hydrogen-bond donors (Lipinski definition) is 5. The highest BCUT2D eigenvalue weighted by atomic mass is 16.3. The minimum atomic E-state index is -0.264. The van der Waals surface area contributed by atoms with Crippen LogP contribution >= 0.6 is 0 Å². The normalized spacial score (nSPS) is 23.3. The molecule has 0 saturated carbocycles. The minimum absolute atomic E-state index is 0.0941. The molecule has 13 heavy (non-hydrogen) atoms. The van der Waals surface area contributed by atoms with Crippen molar-refractivity contribution in [2.24, 2.45) is 5.73 Å². The van der Waals surface area contributed by atoms with Crippen LogP contribution in [0.5, 0.6) is 0 Å². The molecule has 1 atom stereocenters. The fourth-order valence-electron chi connectivity index (χ4n) is 1.06. The Morgan fingerprint density at radius 2 is 2.54 bits per heavy atom. The standard InChI is InChI=1S/C8H14N4O/c1-5(9)2-6(10)7-3-8(13)12-4-11-7/h2-3,7,10-13H,4,9H2,1H3. The van der Waals surface area contributed by atoms with Crippen molar-refractivity contribution < 1.29 is 5.11 Å². The van der Waals surface area contributed by atoms with Gasteiger partial charge < -0.3 is 21.6 Å². The van der Waals surface area contributed by atoms with E-state index >= 15 is 0 Å². The van der Waals surface area contributed by atoms with Crippen molar-refractivity contribution in [3.63, 3.8) is 0 Å². The van der Waals surface area contributed by atoms with Crippen LogP contribution in [0.4, 0.5) is 0 Å². The first-order valence-corrected chi connectivity index (χ1v) is 4.00. The van der Waals surface area contributed by atoms with E-state index in [0.29, 0.717) is 18.1 Å². The summed E-state index contributed by atoms with van der Waals surface area (Å²) in [6.07, 6.45) is 3.10. The first-order chi connectivity index (χ1) is 6.09. The zero-order valence-electron chi connectivity index (χ0n) is 7.46. The molecule has 0 fully saturated rings. The predicted molar refractivity (Wildman–Crippen MR) is 51.3 cm³/mol. The zero-order chi connectivity index (χ0) is 9.84. The molecule has 6 N–H and O–H groups in total. The third kappa shape index (κ3) is 2.79. The van der Waals surface area contributed by atoms with Gasteiger partial charge in [0.2, 0.25) is 0 Å². The van der Waals surface area contributed by atoms with Crippen molar-refractivity contribution in [3.8, 4) is 0 Å². The smallest absolute Gasteiger partial charge is 0.182 e. The Hall–Kier alpha value is -1.49. The summed E-state index contributed by atoms with van der Waals surface area (Å²) in [6, 6.07) is -0.264. The molecule has 5 nitrogen and oxygen atoms in total. The molecule has 0 radical (unpaired) electrons. The summed E-state index contributed by atoms with van der Waals surface area (Å²) < 4.78 is 0. The molecule has 0 spiro atoms. The van der Waals surface area contributed by atoms with Gasteiger partial charge in [-0.15, -0.1) is 0 Å². The quantitative estimate of drug-likeness (QED) is 0.382. The van der Waals surface area contributed by atoms with Gasteiger partial charge >= 0.3 is 0 Å². The van der Waals surface area contributed by atoms with E-state index in [1.54, 1.807) is 13.0 Å². The van der Waals surface area contributed by atoms with Gasteiger partial charge in [0.1, 0.15) is 0 Å². The first-order valence-electron chi connectivity index (χ1n) is 4.00. The van der Waals surface area contributed by atoms with Crippen molar-refractivity contribution in [3.05, 3.63) is 23.7 Å². The van der Waals surface area contributed by atoms with Crippen LogP contribution in [0.25, 0.3) is 0 Å². The van der Waals surface area contributed by atoms with Gasteiger partial charge in [-0.2, -0.15) is 0 Å². The van der Waals surface area contributed by atoms with Crippen LogP contribution in [0.15, 0.2) is 23.7 Å². The maximum Gasteiger partial charge on any atom is 0.182 e. The van der Waals surface area contributed by atoms with E-state index in [0.717, 1.165) is 0 Å². The summed E-state index contributed by atoms with van der Waals surface area (Å²) in [5.41, 5.74) is 6.35. The van der Waals surface area contributed by atoms with Gasteiger partial charge in [0, 0.05) is 5.70 Å². The number of nitrogens with one attached hydrogen (secondary N) is 3. The lowest BCUT2D eigenvalue weighted by atomic mass is 10.1. The molecule has 5 heteroatoms. The second-order valence-electron chi connectivity index (χ2n) is 2.93. The second kappa shape index (κ2) is 3.95. The summed E-state index contributed by atoms with van der Waals surface area (Å²) >= 11 is 0. The summed E-state index contributed by atoms with van der Waals surface area (Å²) in [5.74, 6) is 0.0941. The molecule has 1 rings (SSSR count). The van der Waals surface area contributed by atoms with E-state index in [9.17, 15) is 0 Å². The van der Waals surface area contributed by atoms with Crippen LogP contribution in [0.3, 0.4) is 0 Å². The minimum Gasteiger partial charge on any atom is -0.495 e. The highest BCUT2D eigenvalue weighted by molar-refractivity contribution is 5.98. The lowest BCUT2D eigenvalue weighted by Crippen LogP contribution is -2.44. The van der Waals surface area contributed by atoms with Crippen LogP contribution in [-0.4, -0.2) is 23.5 Å². The Morgan fingerprint density at radius 3 is 3.08 bits per heavy atom. The molecule has 1 unspecified atom stereocenters. The number of allylic oxidation sites excluding steroid dienone is 1. The largest absolute Gasteiger partial charge is 0.495 e. The van der Waals surface area contributed by atoms with Crippen molar-refractivity contribution >= 4 is 5.71 Å². The molecule has 0 aromatic carbocycles. The topological polar surface area (TPSA) is 94.2 Å². The molecule has 0 saturated heterocycles. The summed E-state index contributed by atoms with van der Waals surface area (Å²) in [6.45, 7) is 2.17. The van der Waals surface area contributed by atoms with Gasteiger partial charge in [-0.3, -0.25) is 5.32 Å². The number of aliphatic hydroxyl groups is 1. The SMILES string of the molecule is CC(N)=CC(=N)C1C=C(O)NCN1. The van der Waals surface area contributed by atoms with Crippen LogP contribution in [-0.2, 0) is 0 Å². The van der Waals surface area contributed by atoms with Crippen molar-refractivity contribution in [1.82, 2.24) is 10.6 Å². The van der Waals surface area contributed by atoms with Crippen LogP contribution < -0.4 is 16.4 Å². The molecule has 0 aromatic rings.